The van der Waals surface area contributed by atoms with Crippen molar-refractivity contribution in [2.24, 2.45) is 11.7 Å². The maximum atomic E-state index is 13.7. The van der Waals surface area contributed by atoms with Crippen LogP contribution < -0.4 is 36.5 Å². The number of nitrogens with two attached hydrogens (primary N) is 1. The fourth-order valence-electron chi connectivity index (χ4n) is 6.29. The molecule has 24 nitrogen and oxygen atoms in total. The van der Waals surface area contributed by atoms with E-state index in [2.05, 4.69) is 21.3 Å². The Labute approximate surface area is 393 Å². The van der Waals surface area contributed by atoms with Crippen molar-refractivity contribution in [2.75, 3.05) is 31.6 Å². The summed E-state index contributed by atoms with van der Waals surface area (Å²) in [7, 11) is 0. The highest BCUT2D eigenvalue weighted by molar-refractivity contribution is 6.12. The highest BCUT2D eigenvalue weighted by Gasteiger charge is 2.29. The molecule has 1 aliphatic rings. The highest BCUT2D eigenvalue weighted by Crippen LogP contribution is 2.21. The molecule has 7 amide bonds. The van der Waals surface area contributed by atoms with E-state index in [9.17, 15) is 58.6 Å². The van der Waals surface area contributed by atoms with E-state index in [1.165, 1.54) is 54.6 Å². The van der Waals surface area contributed by atoms with Crippen molar-refractivity contribution in [1.29, 1.82) is 0 Å². The van der Waals surface area contributed by atoms with Gasteiger partial charge in [0.15, 0.2) is 0 Å². The molecular formula is C45H50N8O16. The van der Waals surface area contributed by atoms with Gasteiger partial charge in [-0.25, -0.2) is 14.4 Å². The molecule has 0 aliphatic carbocycles. The Hall–Kier alpha value is -8.70. The van der Waals surface area contributed by atoms with Crippen LogP contribution in [0.15, 0.2) is 90.5 Å². The lowest BCUT2D eigenvalue weighted by Gasteiger charge is -2.25. The number of carbonyl (C=O) groups is 8. The molecule has 69 heavy (non-hydrogen) atoms. The van der Waals surface area contributed by atoms with Crippen LogP contribution in [0.25, 0.3) is 6.08 Å². The Balaban J connectivity index is 1.40. The third-order valence-electron chi connectivity index (χ3n) is 9.85. The minimum Gasteiger partial charge on any atom is -0.429 e. The number of unbranched alkanes of at least 4 members (excludes halogenated alkanes) is 2. The van der Waals surface area contributed by atoms with Gasteiger partial charge in [0.1, 0.15) is 36.8 Å². The average molecular weight is 959 g/mol. The van der Waals surface area contributed by atoms with E-state index in [0.717, 1.165) is 29.2 Å². The molecule has 0 spiro atoms. The first-order valence-corrected chi connectivity index (χ1v) is 21.3. The molecule has 366 valence electrons. The second-order valence-corrected chi connectivity index (χ2v) is 15.5. The normalized spacial score (nSPS) is 12.5. The molecule has 0 saturated carbocycles. The fraction of sp³-hybridized carbons (Fsp3) is 0.333. The Bertz CT molecular complexity index is 2330. The number of urea groups is 1. The van der Waals surface area contributed by atoms with Crippen LogP contribution >= 0.6 is 0 Å². The van der Waals surface area contributed by atoms with Crippen molar-refractivity contribution < 1.29 is 67.2 Å². The van der Waals surface area contributed by atoms with Crippen molar-refractivity contribution >= 4 is 71.0 Å². The number of benzene rings is 3. The molecule has 0 aromatic heterocycles. The first kappa shape index (κ1) is 52.9. The molecule has 1 unspecified atom stereocenters. The molecule has 1 heterocycles. The van der Waals surface area contributed by atoms with Crippen molar-refractivity contribution in [2.45, 2.75) is 64.5 Å². The van der Waals surface area contributed by atoms with Gasteiger partial charge >= 0.3 is 18.3 Å². The van der Waals surface area contributed by atoms with Gasteiger partial charge in [0.25, 0.3) is 23.2 Å². The van der Waals surface area contributed by atoms with Crippen LogP contribution in [0.3, 0.4) is 0 Å². The van der Waals surface area contributed by atoms with E-state index >= 15 is 0 Å². The van der Waals surface area contributed by atoms with E-state index in [1.807, 2.05) is 0 Å². The third kappa shape index (κ3) is 18.2. The first-order valence-electron chi connectivity index (χ1n) is 21.3. The summed E-state index contributed by atoms with van der Waals surface area (Å²) in [4.78, 5) is 122. The maximum absolute atomic E-state index is 13.7. The summed E-state index contributed by atoms with van der Waals surface area (Å²) in [6.45, 7) is 2.76. The smallest absolute Gasteiger partial charge is 0.429 e. The molecule has 0 saturated heterocycles. The Kier molecular flexibility index (Phi) is 20.3. The van der Waals surface area contributed by atoms with Crippen LogP contribution in [-0.4, -0.2) is 101 Å². The number of non-ortho nitro benzene ring substituents is 2. The molecule has 2 atom stereocenters. The first-order chi connectivity index (χ1) is 32.9. The summed E-state index contributed by atoms with van der Waals surface area (Å²) in [5.41, 5.74) is 5.61. The summed E-state index contributed by atoms with van der Waals surface area (Å²) in [5, 5.41) is 32.5. The van der Waals surface area contributed by atoms with Gasteiger partial charge in [0.05, 0.1) is 9.85 Å². The van der Waals surface area contributed by atoms with Crippen LogP contribution in [0.4, 0.5) is 31.4 Å². The van der Waals surface area contributed by atoms with Crippen LogP contribution in [0.1, 0.15) is 57.9 Å². The van der Waals surface area contributed by atoms with E-state index in [-0.39, 0.29) is 78.3 Å². The largest absolute Gasteiger partial charge is 0.514 e. The summed E-state index contributed by atoms with van der Waals surface area (Å²) in [6.07, 6.45) is 3.29. The van der Waals surface area contributed by atoms with Crippen molar-refractivity contribution in [3.05, 3.63) is 116 Å². The number of imide groups is 1. The Morgan fingerprint density at radius 1 is 0.710 bits per heavy atom. The molecule has 1 aliphatic heterocycles. The zero-order valence-corrected chi connectivity index (χ0v) is 37.4. The van der Waals surface area contributed by atoms with E-state index < -0.39 is 77.1 Å². The van der Waals surface area contributed by atoms with Gasteiger partial charge in [-0.15, -0.1) is 0 Å². The number of anilines is 1. The lowest BCUT2D eigenvalue weighted by atomic mass is 10.0. The topological polar surface area (TPSA) is 337 Å². The standard InChI is InChI=1S/C45H50N8O16/c1-28(2)40(50-37(54)8-4-3-5-24-51-38(55)21-22-39(51)56)42(58)49-36(7-6-23-47-43(46)59)41(57)48-31-11-9-29(10-12-31)25-30(26-66-44(60)68-34-17-13-32(14-18-34)52(62)63)27-67-45(61)69-35-19-15-33(16-20-35)53(64)65/h9-22,25,28,36,40H,3-8,23-24,26-27H2,1-2H3,(H,48,57)(H,49,58)(H,50,54)(H3,46,47,59)/t36?,40-/m0/s1. The predicted molar refractivity (Wildman–Crippen MR) is 243 cm³/mol. The summed E-state index contributed by atoms with van der Waals surface area (Å²) < 4.78 is 20.6. The van der Waals surface area contributed by atoms with Crippen LogP contribution in [0.2, 0.25) is 0 Å². The number of hydrogen-bond donors (Lipinski definition) is 5. The van der Waals surface area contributed by atoms with Gasteiger partial charge < -0.3 is 45.9 Å². The SMILES string of the molecule is CC(C)[C@H](NC(=O)CCCCCN1C(=O)C=CC1=O)C(=O)NC(CCCNC(N)=O)C(=O)Nc1ccc(C=C(COC(=O)Oc2ccc([N+](=O)[O-])cc2)COC(=O)Oc2ccc([N+](=O)[O-])cc2)cc1. The number of amides is 7. The van der Waals surface area contributed by atoms with Gasteiger partial charge in [-0.2, -0.15) is 0 Å². The van der Waals surface area contributed by atoms with Crippen molar-refractivity contribution in [3.8, 4) is 11.5 Å². The molecular weight excluding hydrogens is 909 g/mol. The van der Waals surface area contributed by atoms with Gasteiger partial charge in [0, 0.05) is 67.2 Å². The van der Waals surface area contributed by atoms with Gasteiger partial charge in [0.2, 0.25) is 17.7 Å². The summed E-state index contributed by atoms with van der Waals surface area (Å²) >= 11 is 0. The summed E-state index contributed by atoms with van der Waals surface area (Å²) in [6, 6.07) is 12.4. The van der Waals surface area contributed by atoms with E-state index in [4.69, 9.17) is 24.7 Å². The number of primary amides is 1. The average Bonchev–Trinajstić information content (AvgIpc) is 3.63. The van der Waals surface area contributed by atoms with Gasteiger partial charge in [-0.05, 0) is 79.6 Å². The van der Waals surface area contributed by atoms with Crippen molar-refractivity contribution in [3.63, 3.8) is 0 Å². The third-order valence-corrected chi connectivity index (χ3v) is 9.85. The number of nitro benzene ring substituents is 2. The molecule has 0 fully saturated rings. The monoisotopic (exact) mass is 958 g/mol. The highest BCUT2D eigenvalue weighted by atomic mass is 16.7. The molecule has 3 aromatic rings. The Morgan fingerprint density at radius 2 is 1.25 bits per heavy atom. The number of rotatable bonds is 25. The zero-order valence-electron chi connectivity index (χ0n) is 37.4. The lowest BCUT2D eigenvalue weighted by Crippen LogP contribution is -2.54. The number of nitrogens with zero attached hydrogens (tertiary/aromatic N) is 3. The zero-order chi connectivity index (χ0) is 50.5. The number of hydrogen-bond acceptors (Lipinski definition) is 16. The van der Waals surface area contributed by atoms with Gasteiger partial charge in [-0.3, -0.25) is 49.1 Å². The predicted octanol–water partition coefficient (Wildman–Crippen LogP) is 4.82. The summed E-state index contributed by atoms with van der Waals surface area (Å²) in [5.74, 6) is -2.96. The molecule has 24 heteroatoms. The number of nitrogens with one attached hydrogen (secondary N) is 4. The number of ether oxygens (including phenoxy) is 4. The van der Waals surface area contributed by atoms with E-state index in [1.54, 1.807) is 26.0 Å². The molecule has 4 rings (SSSR count). The molecule has 0 radical (unpaired) electrons. The van der Waals surface area contributed by atoms with Gasteiger partial charge in [-0.1, -0.05) is 32.4 Å². The number of nitro groups is 2. The van der Waals surface area contributed by atoms with Crippen LogP contribution in [-0.2, 0) is 33.4 Å². The lowest BCUT2D eigenvalue weighted by molar-refractivity contribution is -0.385. The van der Waals surface area contributed by atoms with Crippen LogP contribution in [0.5, 0.6) is 11.5 Å². The minimum absolute atomic E-state index is 0.0532. The quantitative estimate of drug-likeness (QED) is 0.0190. The Morgan fingerprint density at radius 3 is 1.74 bits per heavy atom. The van der Waals surface area contributed by atoms with Crippen LogP contribution in [0, 0.1) is 26.1 Å². The molecule has 6 N–H and O–H groups in total. The number of carbonyl (C=O) groups excluding carboxylic acids is 8. The van der Waals surface area contributed by atoms with E-state index in [0.29, 0.717) is 24.8 Å². The minimum atomic E-state index is -1.20. The molecule has 0 bridgehead atoms. The molecule has 3 aromatic carbocycles. The van der Waals surface area contributed by atoms with Crippen molar-refractivity contribution in [1.82, 2.24) is 20.9 Å². The second kappa shape index (κ2) is 26.4. The fourth-order valence-corrected chi connectivity index (χ4v) is 6.29. The maximum Gasteiger partial charge on any atom is 0.514 e. The second-order valence-electron chi connectivity index (χ2n) is 15.5.